The minimum absolute atomic E-state index is 0.255. The lowest BCUT2D eigenvalue weighted by atomic mass is 9.94. The number of pyridine rings is 1. The number of benzene rings is 2. The van der Waals surface area contributed by atoms with E-state index in [-0.39, 0.29) is 5.82 Å². The largest absolute Gasteiger partial charge is 0.383 e. The lowest BCUT2D eigenvalue weighted by Crippen LogP contribution is -2.00. The number of halogens is 1. The number of hydrogen-bond donors (Lipinski definition) is 1. The summed E-state index contributed by atoms with van der Waals surface area (Å²) in [5.74, 6) is 0.255. The molecule has 3 rings (SSSR count). The van der Waals surface area contributed by atoms with Crippen molar-refractivity contribution in [2.75, 3.05) is 5.73 Å². The number of aryl methyl sites for hydroxylation is 2. The second-order valence-electron chi connectivity index (χ2n) is 5.76. The maximum atomic E-state index is 9.53. The summed E-state index contributed by atoms with van der Waals surface area (Å²) in [4.78, 5) is 4.42. The summed E-state index contributed by atoms with van der Waals surface area (Å²) in [6, 6.07) is 18.2. The van der Waals surface area contributed by atoms with Crippen molar-refractivity contribution in [3.8, 4) is 28.5 Å². The van der Waals surface area contributed by atoms with Crippen molar-refractivity contribution >= 4 is 21.7 Å². The average molecular weight is 378 g/mol. The van der Waals surface area contributed by atoms with Crippen LogP contribution in [0.25, 0.3) is 22.4 Å². The molecule has 1 aromatic heterocycles. The molecule has 0 aliphatic carbocycles. The number of nitrogens with zero attached hydrogens (tertiary/aromatic N) is 2. The quantitative estimate of drug-likeness (QED) is 0.663. The van der Waals surface area contributed by atoms with E-state index in [0.717, 1.165) is 32.4 Å². The highest BCUT2D eigenvalue weighted by atomic mass is 79.9. The highest BCUT2D eigenvalue weighted by Crippen LogP contribution is 2.33. The fourth-order valence-corrected chi connectivity index (χ4v) is 3.21. The SMILES string of the molecule is Cc1ccc(-c2cc(-c3cccc(Br)c3)nc(N)c2C#N)c(C)c1. The van der Waals surface area contributed by atoms with Gasteiger partial charge in [-0.05, 0) is 43.2 Å². The van der Waals surface area contributed by atoms with Crippen LogP contribution in [0.1, 0.15) is 16.7 Å². The van der Waals surface area contributed by atoms with E-state index in [1.54, 1.807) is 0 Å². The smallest absolute Gasteiger partial charge is 0.142 e. The Morgan fingerprint density at radius 3 is 2.50 bits per heavy atom. The summed E-state index contributed by atoms with van der Waals surface area (Å²) in [6.07, 6.45) is 0. The Hall–Kier alpha value is -2.64. The van der Waals surface area contributed by atoms with Crippen LogP contribution in [0.15, 0.2) is 53.0 Å². The Labute approximate surface area is 149 Å². The number of hydrogen-bond acceptors (Lipinski definition) is 3. The van der Waals surface area contributed by atoms with Gasteiger partial charge < -0.3 is 5.73 Å². The number of nitriles is 1. The topological polar surface area (TPSA) is 62.7 Å². The Kier molecular flexibility index (Phi) is 4.37. The van der Waals surface area contributed by atoms with E-state index in [1.165, 1.54) is 5.56 Å². The van der Waals surface area contributed by atoms with Gasteiger partial charge in [0.05, 0.1) is 5.69 Å². The lowest BCUT2D eigenvalue weighted by molar-refractivity contribution is 1.30. The molecule has 0 bridgehead atoms. The molecule has 2 aromatic carbocycles. The molecule has 3 nitrogen and oxygen atoms in total. The zero-order valence-corrected chi connectivity index (χ0v) is 15.1. The maximum Gasteiger partial charge on any atom is 0.142 e. The fraction of sp³-hybridized carbons (Fsp3) is 0.100. The number of anilines is 1. The minimum atomic E-state index is 0.255. The third-order valence-electron chi connectivity index (χ3n) is 3.95. The third kappa shape index (κ3) is 3.04. The van der Waals surface area contributed by atoms with Gasteiger partial charge >= 0.3 is 0 Å². The van der Waals surface area contributed by atoms with Crippen LogP contribution in [-0.4, -0.2) is 4.98 Å². The molecule has 3 aromatic rings. The second kappa shape index (κ2) is 6.46. The molecule has 0 fully saturated rings. The van der Waals surface area contributed by atoms with Crippen LogP contribution in [0.5, 0.6) is 0 Å². The van der Waals surface area contributed by atoms with Crippen molar-refractivity contribution in [2.24, 2.45) is 0 Å². The Morgan fingerprint density at radius 1 is 1.04 bits per heavy atom. The van der Waals surface area contributed by atoms with Crippen LogP contribution in [0, 0.1) is 25.2 Å². The summed E-state index contributed by atoms with van der Waals surface area (Å²) in [6.45, 7) is 4.09. The third-order valence-corrected chi connectivity index (χ3v) is 4.44. The summed E-state index contributed by atoms with van der Waals surface area (Å²) in [5.41, 5.74) is 12.3. The van der Waals surface area contributed by atoms with E-state index in [0.29, 0.717) is 5.56 Å². The minimum Gasteiger partial charge on any atom is -0.383 e. The first-order valence-corrected chi connectivity index (χ1v) is 8.33. The van der Waals surface area contributed by atoms with Gasteiger partial charge in [0.25, 0.3) is 0 Å². The van der Waals surface area contributed by atoms with Gasteiger partial charge in [-0.2, -0.15) is 5.26 Å². The van der Waals surface area contributed by atoms with Crippen molar-refractivity contribution in [1.29, 1.82) is 5.26 Å². The molecule has 0 amide bonds. The summed E-state index contributed by atoms with van der Waals surface area (Å²) in [7, 11) is 0. The summed E-state index contributed by atoms with van der Waals surface area (Å²) in [5, 5.41) is 9.53. The first-order chi connectivity index (χ1) is 11.5. The zero-order chi connectivity index (χ0) is 17.3. The van der Waals surface area contributed by atoms with Crippen LogP contribution in [0.3, 0.4) is 0 Å². The number of nitrogens with two attached hydrogens (primary N) is 1. The molecule has 2 N–H and O–H groups in total. The molecule has 0 saturated heterocycles. The van der Waals surface area contributed by atoms with Crippen LogP contribution >= 0.6 is 15.9 Å². The van der Waals surface area contributed by atoms with E-state index in [1.807, 2.05) is 49.4 Å². The molecule has 0 spiro atoms. The monoisotopic (exact) mass is 377 g/mol. The Morgan fingerprint density at radius 2 is 1.83 bits per heavy atom. The maximum absolute atomic E-state index is 9.53. The van der Waals surface area contributed by atoms with Gasteiger partial charge in [-0.25, -0.2) is 4.98 Å². The van der Waals surface area contributed by atoms with E-state index in [2.05, 4.69) is 40.0 Å². The second-order valence-corrected chi connectivity index (χ2v) is 6.67. The Bertz CT molecular complexity index is 971. The predicted molar refractivity (Wildman–Crippen MR) is 101 cm³/mol. The van der Waals surface area contributed by atoms with Gasteiger partial charge in [0.15, 0.2) is 0 Å². The van der Waals surface area contributed by atoms with Gasteiger partial charge in [-0.15, -0.1) is 0 Å². The molecule has 0 unspecified atom stereocenters. The van der Waals surface area contributed by atoms with Crippen LogP contribution < -0.4 is 5.73 Å². The van der Waals surface area contributed by atoms with E-state index in [9.17, 15) is 5.26 Å². The molecule has 0 aliphatic heterocycles. The standard InChI is InChI=1S/C20H16BrN3/c1-12-6-7-16(13(2)8-12)17-10-19(24-20(23)18(17)11-22)14-4-3-5-15(21)9-14/h3-10H,1-2H3,(H2,23,24). The normalized spacial score (nSPS) is 10.4. The van der Waals surface area contributed by atoms with Crippen molar-refractivity contribution in [2.45, 2.75) is 13.8 Å². The molecule has 1 heterocycles. The van der Waals surface area contributed by atoms with Crippen molar-refractivity contribution in [1.82, 2.24) is 4.98 Å². The van der Waals surface area contributed by atoms with Crippen molar-refractivity contribution in [3.05, 3.63) is 69.7 Å². The highest BCUT2D eigenvalue weighted by molar-refractivity contribution is 9.10. The van der Waals surface area contributed by atoms with Crippen LogP contribution in [-0.2, 0) is 0 Å². The molecule has 24 heavy (non-hydrogen) atoms. The lowest BCUT2D eigenvalue weighted by Gasteiger charge is -2.13. The number of nitrogen functional groups attached to an aromatic ring is 1. The van der Waals surface area contributed by atoms with Gasteiger partial charge in [-0.3, -0.25) is 0 Å². The van der Waals surface area contributed by atoms with Crippen LogP contribution in [0.2, 0.25) is 0 Å². The van der Waals surface area contributed by atoms with Gasteiger partial charge in [0.2, 0.25) is 0 Å². The molecular weight excluding hydrogens is 362 g/mol. The van der Waals surface area contributed by atoms with Gasteiger partial charge in [0.1, 0.15) is 17.5 Å². The highest BCUT2D eigenvalue weighted by Gasteiger charge is 2.15. The van der Waals surface area contributed by atoms with Crippen molar-refractivity contribution < 1.29 is 0 Å². The number of aromatic nitrogens is 1. The first kappa shape index (κ1) is 16.2. The molecule has 0 saturated carbocycles. The predicted octanol–water partition coefficient (Wildman–Crippen LogP) is 5.25. The average Bonchev–Trinajstić information content (AvgIpc) is 2.54. The summed E-state index contributed by atoms with van der Waals surface area (Å²) >= 11 is 3.48. The molecule has 4 heteroatoms. The van der Waals surface area contributed by atoms with Gasteiger partial charge in [0, 0.05) is 15.6 Å². The summed E-state index contributed by atoms with van der Waals surface area (Å²) < 4.78 is 0.970. The molecule has 0 atom stereocenters. The number of rotatable bonds is 2. The first-order valence-electron chi connectivity index (χ1n) is 7.54. The Balaban J connectivity index is 2.27. The molecule has 0 aliphatic rings. The molecular formula is C20H16BrN3. The van der Waals surface area contributed by atoms with Crippen LogP contribution in [0.4, 0.5) is 5.82 Å². The van der Waals surface area contributed by atoms with Crippen molar-refractivity contribution in [3.63, 3.8) is 0 Å². The van der Waals surface area contributed by atoms with E-state index in [4.69, 9.17) is 5.73 Å². The molecule has 0 radical (unpaired) electrons. The zero-order valence-electron chi connectivity index (χ0n) is 13.5. The van der Waals surface area contributed by atoms with E-state index >= 15 is 0 Å². The molecule has 118 valence electrons. The van der Waals surface area contributed by atoms with Gasteiger partial charge in [-0.1, -0.05) is 51.8 Å². The fourth-order valence-electron chi connectivity index (χ4n) is 2.81. The van der Waals surface area contributed by atoms with E-state index < -0.39 is 0 Å².